The number of nitrogens with one attached hydrogen (secondary N) is 1. The summed E-state index contributed by atoms with van der Waals surface area (Å²) in [5.41, 5.74) is 0. The molecule has 0 aromatic heterocycles. The zero-order chi connectivity index (χ0) is 15.6. The summed E-state index contributed by atoms with van der Waals surface area (Å²) >= 11 is 0. The van der Waals surface area contributed by atoms with E-state index in [1.165, 1.54) is 20.8 Å². The molecule has 2 aliphatic rings. The Morgan fingerprint density at radius 2 is 1.67 bits per heavy atom. The molecule has 2 saturated heterocycles. The highest BCUT2D eigenvalue weighted by Crippen LogP contribution is 2.31. The third-order valence-electron chi connectivity index (χ3n) is 3.90. The predicted molar refractivity (Wildman–Crippen MR) is 73.3 cm³/mol. The lowest BCUT2D eigenvalue weighted by Gasteiger charge is -2.41. The van der Waals surface area contributed by atoms with E-state index in [2.05, 4.69) is 10.2 Å². The van der Waals surface area contributed by atoms with Gasteiger partial charge in [-0.05, 0) is 6.42 Å². The van der Waals surface area contributed by atoms with Crippen molar-refractivity contribution in [1.29, 1.82) is 0 Å². The molecule has 1 amide bonds. The SMILES string of the molecule is CC(=O)NC1CC(OC(C)=O)C2C(OC(C)=O)CCN2C1. The van der Waals surface area contributed by atoms with Gasteiger partial charge in [0.2, 0.25) is 5.91 Å². The highest BCUT2D eigenvalue weighted by atomic mass is 16.6. The molecule has 2 aliphatic heterocycles. The molecule has 4 unspecified atom stereocenters. The van der Waals surface area contributed by atoms with Gasteiger partial charge in [0.05, 0.1) is 6.04 Å². The number of piperidine rings is 1. The van der Waals surface area contributed by atoms with Crippen molar-refractivity contribution in [3.63, 3.8) is 0 Å². The van der Waals surface area contributed by atoms with E-state index in [1.54, 1.807) is 0 Å². The molecule has 0 saturated carbocycles. The maximum atomic E-state index is 11.3. The molecule has 0 aliphatic carbocycles. The topological polar surface area (TPSA) is 84.9 Å². The van der Waals surface area contributed by atoms with Crippen LogP contribution in [0.2, 0.25) is 0 Å². The number of esters is 2. The number of rotatable bonds is 3. The predicted octanol–water partition coefficient (Wildman–Crippen LogP) is -0.167. The first kappa shape index (κ1) is 15.8. The molecule has 0 aromatic rings. The normalized spacial score (nSPS) is 32.1. The first-order valence-electron chi connectivity index (χ1n) is 7.22. The fourth-order valence-electron chi connectivity index (χ4n) is 3.38. The van der Waals surface area contributed by atoms with Gasteiger partial charge >= 0.3 is 11.9 Å². The maximum absolute atomic E-state index is 11.3. The van der Waals surface area contributed by atoms with Gasteiger partial charge in [0.15, 0.2) is 0 Å². The third-order valence-corrected chi connectivity index (χ3v) is 3.90. The van der Waals surface area contributed by atoms with Crippen LogP contribution in [0.5, 0.6) is 0 Å². The highest BCUT2D eigenvalue weighted by Gasteiger charge is 2.47. The summed E-state index contributed by atoms with van der Waals surface area (Å²) in [7, 11) is 0. The van der Waals surface area contributed by atoms with Crippen LogP contribution in [-0.2, 0) is 23.9 Å². The Hall–Kier alpha value is -1.63. The van der Waals surface area contributed by atoms with Crippen LogP contribution in [0.1, 0.15) is 33.6 Å². The van der Waals surface area contributed by atoms with E-state index < -0.39 is 0 Å². The van der Waals surface area contributed by atoms with E-state index in [9.17, 15) is 14.4 Å². The molecular formula is C14H22N2O5. The van der Waals surface area contributed by atoms with E-state index in [-0.39, 0.29) is 42.1 Å². The highest BCUT2D eigenvalue weighted by molar-refractivity contribution is 5.73. The smallest absolute Gasteiger partial charge is 0.302 e. The molecule has 0 bridgehead atoms. The Balaban J connectivity index is 2.11. The number of hydrogen-bond donors (Lipinski definition) is 1. The zero-order valence-corrected chi connectivity index (χ0v) is 12.6. The van der Waals surface area contributed by atoms with Crippen molar-refractivity contribution in [3.05, 3.63) is 0 Å². The number of amides is 1. The van der Waals surface area contributed by atoms with Crippen LogP contribution in [0, 0.1) is 0 Å². The number of fused-ring (bicyclic) bond motifs is 1. The van der Waals surface area contributed by atoms with E-state index in [1.807, 2.05) is 0 Å². The van der Waals surface area contributed by atoms with E-state index in [0.29, 0.717) is 13.0 Å². The van der Waals surface area contributed by atoms with Crippen LogP contribution in [0.4, 0.5) is 0 Å². The van der Waals surface area contributed by atoms with Gasteiger partial charge in [-0.2, -0.15) is 0 Å². The van der Waals surface area contributed by atoms with Gasteiger partial charge in [-0.15, -0.1) is 0 Å². The van der Waals surface area contributed by atoms with Crippen LogP contribution >= 0.6 is 0 Å². The van der Waals surface area contributed by atoms with Gasteiger partial charge in [-0.25, -0.2) is 0 Å². The second-order valence-corrected chi connectivity index (χ2v) is 5.70. The molecule has 2 heterocycles. The van der Waals surface area contributed by atoms with Crippen LogP contribution in [0.25, 0.3) is 0 Å². The average Bonchev–Trinajstić information content (AvgIpc) is 2.69. The van der Waals surface area contributed by atoms with Crippen molar-refractivity contribution >= 4 is 17.8 Å². The molecule has 7 heteroatoms. The lowest BCUT2D eigenvalue weighted by atomic mass is 9.93. The zero-order valence-electron chi connectivity index (χ0n) is 12.6. The van der Waals surface area contributed by atoms with Crippen molar-refractivity contribution in [2.45, 2.75) is 57.9 Å². The first-order chi connectivity index (χ1) is 9.86. The quantitative estimate of drug-likeness (QED) is 0.728. The monoisotopic (exact) mass is 298 g/mol. The van der Waals surface area contributed by atoms with Crippen LogP contribution in [0.15, 0.2) is 0 Å². The van der Waals surface area contributed by atoms with Gasteiger partial charge in [0.25, 0.3) is 0 Å². The Morgan fingerprint density at radius 1 is 1.05 bits per heavy atom. The molecule has 0 spiro atoms. The van der Waals surface area contributed by atoms with Crippen LogP contribution in [0.3, 0.4) is 0 Å². The van der Waals surface area contributed by atoms with Gasteiger partial charge in [-0.3, -0.25) is 19.3 Å². The number of nitrogens with zero attached hydrogens (tertiary/aromatic N) is 1. The summed E-state index contributed by atoms with van der Waals surface area (Å²) in [5, 5.41) is 2.87. The van der Waals surface area contributed by atoms with E-state index >= 15 is 0 Å². The van der Waals surface area contributed by atoms with Crippen molar-refractivity contribution < 1.29 is 23.9 Å². The van der Waals surface area contributed by atoms with E-state index in [0.717, 1.165) is 13.0 Å². The van der Waals surface area contributed by atoms with Crippen molar-refractivity contribution in [1.82, 2.24) is 10.2 Å². The lowest BCUT2D eigenvalue weighted by molar-refractivity contribution is -0.160. The molecule has 118 valence electrons. The standard InChI is InChI=1S/C14H22N2O5/c1-8(17)15-11-6-13(21-10(3)19)14-12(20-9(2)18)4-5-16(14)7-11/h11-14H,4-7H2,1-3H3,(H,15,17). The number of carbonyl (C=O) groups is 3. The van der Waals surface area contributed by atoms with Gasteiger partial charge in [0.1, 0.15) is 12.2 Å². The van der Waals surface area contributed by atoms with Crippen LogP contribution in [-0.4, -0.2) is 60.1 Å². The second kappa shape index (κ2) is 6.43. The summed E-state index contributed by atoms with van der Waals surface area (Å²) < 4.78 is 10.8. The first-order valence-corrected chi connectivity index (χ1v) is 7.22. The fourth-order valence-corrected chi connectivity index (χ4v) is 3.38. The molecule has 1 N–H and O–H groups in total. The molecule has 0 radical (unpaired) electrons. The molecular weight excluding hydrogens is 276 g/mol. The van der Waals surface area contributed by atoms with Crippen molar-refractivity contribution in [3.8, 4) is 0 Å². The summed E-state index contributed by atoms with van der Waals surface area (Å²) in [4.78, 5) is 35.9. The Kier molecular flexibility index (Phi) is 4.82. The molecule has 4 atom stereocenters. The van der Waals surface area contributed by atoms with Crippen molar-refractivity contribution in [2.75, 3.05) is 13.1 Å². The second-order valence-electron chi connectivity index (χ2n) is 5.70. The minimum absolute atomic E-state index is 0.0563. The maximum Gasteiger partial charge on any atom is 0.302 e. The Morgan fingerprint density at radius 3 is 2.24 bits per heavy atom. The summed E-state index contributed by atoms with van der Waals surface area (Å²) in [6.07, 6.45) is 0.623. The molecule has 2 rings (SSSR count). The average molecular weight is 298 g/mol. The summed E-state index contributed by atoms with van der Waals surface area (Å²) in [6, 6.07) is -0.179. The fraction of sp³-hybridized carbons (Fsp3) is 0.786. The summed E-state index contributed by atoms with van der Waals surface area (Å²) in [5.74, 6) is -0.792. The Labute approximate surface area is 123 Å². The molecule has 2 fully saturated rings. The number of hydrogen-bond acceptors (Lipinski definition) is 6. The third kappa shape index (κ3) is 3.93. The molecule has 7 nitrogen and oxygen atoms in total. The summed E-state index contributed by atoms with van der Waals surface area (Å²) in [6.45, 7) is 5.66. The van der Waals surface area contributed by atoms with Gasteiger partial charge in [0, 0.05) is 46.3 Å². The van der Waals surface area contributed by atoms with Crippen LogP contribution < -0.4 is 5.32 Å². The largest absolute Gasteiger partial charge is 0.461 e. The minimum atomic E-state index is -0.375. The number of ether oxygens (including phenoxy) is 2. The molecule has 21 heavy (non-hydrogen) atoms. The Bertz CT molecular complexity index is 439. The minimum Gasteiger partial charge on any atom is -0.461 e. The van der Waals surface area contributed by atoms with Crippen molar-refractivity contribution in [2.24, 2.45) is 0 Å². The number of carbonyl (C=O) groups excluding carboxylic acids is 3. The van der Waals surface area contributed by atoms with Gasteiger partial charge < -0.3 is 14.8 Å². The van der Waals surface area contributed by atoms with Gasteiger partial charge in [-0.1, -0.05) is 0 Å². The van der Waals surface area contributed by atoms with E-state index in [4.69, 9.17) is 9.47 Å². The lowest BCUT2D eigenvalue weighted by Crippen LogP contribution is -2.59. The molecule has 0 aromatic carbocycles.